The van der Waals surface area contributed by atoms with Crippen molar-refractivity contribution in [3.05, 3.63) is 35.9 Å². The van der Waals surface area contributed by atoms with Gasteiger partial charge >= 0.3 is 15.5 Å². The average Bonchev–Trinajstić information content (AvgIpc) is 2.25. The van der Waals surface area contributed by atoms with Gasteiger partial charge in [-0.1, -0.05) is 30.3 Å². The van der Waals surface area contributed by atoms with Gasteiger partial charge in [-0.15, -0.1) is 0 Å². The quantitative estimate of drug-likeness (QED) is 0.862. The molecule has 2 N–H and O–H groups in total. The van der Waals surface area contributed by atoms with Crippen LogP contribution >= 0.6 is 0 Å². The summed E-state index contributed by atoms with van der Waals surface area (Å²) in [7, 11) is -5.47. The van der Waals surface area contributed by atoms with Crippen LogP contribution in [0.1, 0.15) is 11.6 Å². The van der Waals surface area contributed by atoms with Gasteiger partial charge in [-0.3, -0.25) is 0 Å². The van der Waals surface area contributed by atoms with Gasteiger partial charge in [-0.05, 0) is 5.56 Å². The maximum Gasteiger partial charge on any atom is 0.511 e. The van der Waals surface area contributed by atoms with Gasteiger partial charge in [0.15, 0.2) is 0 Å². The van der Waals surface area contributed by atoms with Gasteiger partial charge in [0.2, 0.25) is 0 Å². The normalized spacial score (nSPS) is 14.6. The Kier molecular flexibility index (Phi) is 4.12. The van der Waals surface area contributed by atoms with Crippen LogP contribution in [0.2, 0.25) is 0 Å². The van der Waals surface area contributed by atoms with E-state index in [-0.39, 0.29) is 5.56 Å². The van der Waals surface area contributed by atoms with Gasteiger partial charge in [0.25, 0.3) is 0 Å². The highest BCUT2D eigenvalue weighted by molar-refractivity contribution is 7.90. The van der Waals surface area contributed by atoms with Crippen LogP contribution in [0.25, 0.3) is 0 Å². The highest BCUT2D eigenvalue weighted by Gasteiger charge is 2.46. The molecule has 0 spiro atoms. The zero-order valence-electron chi connectivity index (χ0n) is 8.48. The molecule has 0 amide bonds. The Balaban J connectivity index is 2.94. The monoisotopic (exact) mass is 269 g/mol. The van der Waals surface area contributed by atoms with Crippen molar-refractivity contribution in [3.63, 3.8) is 0 Å². The lowest BCUT2D eigenvalue weighted by Crippen LogP contribution is -2.39. The van der Waals surface area contributed by atoms with E-state index in [9.17, 15) is 21.6 Å². The Bertz CT molecular complexity index is 458. The van der Waals surface area contributed by atoms with Crippen LogP contribution in [0, 0.1) is 0 Å². The molecule has 17 heavy (non-hydrogen) atoms. The van der Waals surface area contributed by atoms with Crippen LogP contribution in [0.5, 0.6) is 0 Å². The zero-order valence-corrected chi connectivity index (χ0v) is 9.29. The Morgan fingerprint density at radius 2 is 1.76 bits per heavy atom. The molecule has 0 saturated carbocycles. The molecule has 0 heterocycles. The minimum atomic E-state index is -5.47. The van der Waals surface area contributed by atoms with Crippen LogP contribution in [0.4, 0.5) is 13.2 Å². The minimum Gasteiger partial charge on any atom is -0.394 e. The van der Waals surface area contributed by atoms with E-state index >= 15 is 0 Å². The van der Waals surface area contributed by atoms with Crippen LogP contribution in [0.3, 0.4) is 0 Å². The van der Waals surface area contributed by atoms with Crippen molar-refractivity contribution in [1.82, 2.24) is 4.72 Å². The molecule has 0 aliphatic rings. The summed E-state index contributed by atoms with van der Waals surface area (Å²) in [4.78, 5) is 0. The lowest BCUT2D eigenvalue weighted by molar-refractivity contribution is -0.0452. The van der Waals surface area contributed by atoms with Gasteiger partial charge in [-0.25, -0.2) is 8.42 Å². The standard InChI is InChI=1S/C9H10F3NO3S/c10-9(11,12)17(15,16)13-8(6-14)7-4-2-1-3-5-7/h1-5,8,13-14H,6H2/t8-/m1/s1. The van der Waals surface area contributed by atoms with E-state index in [0.717, 1.165) is 0 Å². The number of rotatable bonds is 4. The molecule has 0 aliphatic heterocycles. The molecule has 1 aromatic rings. The van der Waals surface area contributed by atoms with Crippen molar-refractivity contribution >= 4 is 10.0 Å². The third-order valence-corrected chi connectivity index (χ3v) is 3.19. The zero-order chi connectivity index (χ0) is 13.1. The van der Waals surface area contributed by atoms with E-state index in [0.29, 0.717) is 0 Å². The number of aliphatic hydroxyl groups is 1. The lowest BCUT2D eigenvalue weighted by atomic mass is 10.1. The molecule has 1 aromatic carbocycles. The predicted molar refractivity (Wildman–Crippen MR) is 54.4 cm³/mol. The Labute approximate surface area is 96.1 Å². The van der Waals surface area contributed by atoms with E-state index in [1.807, 2.05) is 0 Å². The summed E-state index contributed by atoms with van der Waals surface area (Å²) in [6, 6.07) is 6.19. The highest BCUT2D eigenvalue weighted by Crippen LogP contribution is 2.24. The summed E-state index contributed by atoms with van der Waals surface area (Å²) >= 11 is 0. The largest absolute Gasteiger partial charge is 0.511 e. The number of halogens is 3. The fourth-order valence-corrected chi connectivity index (χ4v) is 1.87. The fraction of sp³-hybridized carbons (Fsp3) is 0.333. The predicted octanol–water partition coefficient (Wildman–Crippen LogP) is 1.16. The van der Waals surface area contributed by atoms with Crippen molar-refractivity contribution in [2.75, 3.05) is 6.61 Å². The number of nitrogens with one attached hydrogen (secondary N) is 1. The van der Waals surface area contributed by atoms with Gasteiger partial charge in [0.05, 0.1) is 12.6 Å². The third kappa shape index (κ3) is 3.42. The van der Waals surface area contributed by atoms with Crippen molar-refractivity contribution in [1.29, 1.82) is 0 Å². The summed E-state index contributed by atoms with van der Waals surface area (Å²) in [6.45, 7) is -0.765. The minimum absolute atomic E-state index is 0.253. The first kappa shape index (κ1) is 13.9. The second kappa shape index (κ2) is 5.03. The van der Waals surface area contributed by atoms with Gasteiger partial charge in [0, 0.05) is 0 Å². The van der Waals surface area contributed by atoms with Gasteiger partial charge < -0.3 is 5.11 Å². The maximum absolute atomic E-state index is 12.1. The Hall–Kier alpha value is -1.12. The van der Waals surface area contributed by atoms with Crippen LogP contribution in [-0.2, 0) is 10.0 Å². The van der Waals surface area contributed by atoms with E-state index in [1.54, 1.807) is 6.07 Å². The van der Waals surface area contributed by atoms with Crippen molar-refractivity contribution in [2.45, 2.75) is 11.6 Å². The van der Waals surface area contributed by atoms with Crippen molar-refractivity contribution in [3.8, 4) is 0 Å². The molecule has 0 aliphatic carbocycles. The smallest absolute Gasteiger partial charge is 0.394 e. The molecular formula is C9H10F3NO3S. The number of benzene rings is 1. The molecular weight excluding hydrogens is 259 g/mol. The van der Waals surface area contributed by atoms with Crippen LogP contribution in [-0.4, -0.2) is 25.6 Å². The summed E-state index contributed by atoms with van der Waals surface area (Å²) < 4.78 is 59.4. The first-order valence-corrected chi connectivity index (χ1v) is 6.00. The summed E-state index contributed by atoms with van der Waals surface area (Å²) in [5, 5.41) is 8.91. The molecule has 0 unspecified atom stereocenters. The number of hydrogen-bond acceptors (Lipinski definition) is 3. The molecule has 0 radical (unpaired) electrons. The van der Waals surface area contributed by atoms with E-state index < -0.39 is 28.2 Å². The average molecular weight is 269 g/mol. The molecule has 4 nitrogen and oxygen atoms in total. The molecule has 1 atom stereocenters. The first-order valence-electron chi connectivity index (χ1n) is 4.52. The number of aliphatic hydroxyl groups excluding tert-OH is 1. The second-order valence-electron chi connectivity index (χ2n) is 3.21. The highest BCUT2D eigenvalue weighted by atomic mass is 32.2. The van der Waals surface area contributed by atoms with Crippen molar-refractivity contribution in [2.24, 2.45) is 0 Å². The number of hydrogen-bond donors (Lipinski definition) is 2. The van der Waals surface area contributed by atoms with E-state index in [4.69, 9.17) is 5.11 Å². The lowest BCUT2D eigenvalue weighted by Gasteiger charge is -2.17. The van der Waals surface area contributed by atoms with Gasteiger partial charge in [-0.2, -0.15) is 17.9 Å². The summed E-state index contributed by atoms with van der Waals surface area (Å²) in [6.07, 6.45) is 0. The third-order valence-electron chi connectivity index (χ3n) is 1.99. The van der Waals surface area contributed by atoms with Gasteiger partial charge in [0.1, 0.15) is 0 Å². The number of sulfonamides is 1. The van der Waals surface area contributed by atoms with Crippen molar-refractivity contribution < 1.29 is 26.7 Å². The Morgan fingerprint density at radius 1 is 1.24 bits per heavy atom. The summed E-state index contributed by atoms with van der Waals surface area (Å²) in [5.41, 5.74) is -5.14. The molecule has 96 valence electrons. The molecule has 0 aromatic heterocycles. The molecule has 0 fully saturated rings. The molecule has 0 saturated heterocycles. The van der Waals surface area contributed by atoms with E-state index in [2.05, 4.69) is 0 Å². The summed E-state index contributed by atoms with van der Waals surface area (Å²) in [5.74, 6) is 0. The SMILES string of the molecule is O=S(=O)(N[C@H](CO)c1ccccc1)C(F)(F)F. The van der Waals surface area contributed by atoms with Crippen LogP contribution < -0.4 is 4.72 Å². The molecule has 0 bridgehead atoms. The maximum atomic E-state index is 12.1. The second-order valence-corrected chi connectivity index (χ2v) is 4.92. The van der Waals surface area contributed by atoms with Crippen LogP contribution in [0.15, 0.2) is 30.3 Å². The first-order chi connectivity index (χ1) is 7.78. The Morgan fingerprint density at radius 3 is 2.18 bits per heavy atom. The fourth-order valence-electron chi connectivity index (χ4n) is 1.15. The molecule has 8 heteroatoms. The molecule has 1 rings (SSSR count). The topological polar surface area (TPSA) is 66.4 Å². The number of alkyl halides is 3. The van der Waals surface area contributed by atoms with E-state index in [1.165, 1.54) is 29.0 Å².